The van der Waals surface area contributed by atoms with Gasteiger partial charge in [-0.1, -0.05) is 41.9 Å². The fourth-order valence-electron chi connectivity index (χ4n) is 2.25. The van der Waals surface area contributed by atoms with Crippen molar-refractivity contribution in [3.8, 4) is 0 Å². The number of nitrogens with one attached hydrogen (secondary N) is 1. The minimum absolute atomic E-state index is 0.292. The summed E-state index contributed by atoms with van der Waals surface area (Å²) in [6, 6.07) is 14.1. The van der Waals surface area contributed by atoms with Crippen LogP contribution in [0.1, 0.15) is 5.56 Å². The monoisotopic (exact) mass is 450 g/mol. The van der Waals surface area contributed by atoms with E-state index in [0.717, 1.165) is 22.2 Å². The van der Waals surface area contributed by atoms with E-state index < -0.39 is 17.1 Å². The molecule has 1 N–H and O–H groups in total. The zero-order valence-corrected chi connectivity index (χ0v) is 16.4. The first-order valence-electron chi connectivity index (χ1n) is 7.49. The lowest BCUT2D eigenvalue weighted by molar-refractivity contribution is -0.127. The highest BCUT2D eigenvalue weighted by molar-refractivity contribution is 9.10. The molecular weight excluding hydrogens is 440 g/mol. The van der Waals surface area contributed by atoms with Crippen molar-refractivity contribution in [2.75, 3.05) is 11.9 Å². The zero-order chi connectivity index (χ0) is 18.7. The largest absolute Gasteiger partial charge is 0.324 e. The van der Waals surface area contributed by atoms with Gasteiger partial charge in [0, 0.05) is 10.2 Å². The summed E-state index contributed by atoms with van der Waals surface area (Å²) in [6.45, 7) is -0.357. The Morgan fingerprint density at radius 1 is 1.19 bits per heavy atom. The van der Waals surface area contributed by atoms with E-state index in [4.69, 9.17) is 11.6 Å². The number of nitrogens with zero attached hydrogens (tertiary/aromatic N) is 1. The summed E-state index contributed by atoms with van der Waals surface area (Å²) in [5, 5.41) is 2.60. The van der Waals surface area contributed by atoms with Crippen molar-refractivity contribution in [2.45, 2.75) is 0 Å². The van der Waals surface area contributed by atoms with Gasteiger partial charge in [-0.05, 0) is 57.5 Å². The highest BCUT2D eigenvalue weighted by atomic mass is 79.9. The summed E-state index contributed by atoms with van der Waals surface area (Å²) in [5.74, 6) is -0.959. The van der Waals surface area contributed by atoms with E-state index in [-0.39, 0.29) is 6.54 Å². The number of halogens is 2. The summed E-state index contributed by atoms with van der Waals surface area (Å²) in [4.78, 5) is 37.9. The van der Waals surface area contributed by atoms with Crippen LogP contribution in [0.25, 0.3) is 6.08 Å². The Balaban J connectivity index is 1.68. The molecule has 0 atom stereocenters. The molecule has 1 aliphatic heterocycles. The van der Waals surface area contributed by atoms with Crippen LogP contribution in [0, 0.1) is 0 Å². The summed E-state index contributed by atoms with van der Waals surface area (Å²) in [5.41, 5.74) is 1.29. The lowest BCUT2D eigenvalue weighted by Gasteiger charge is -2.12. The van der Waals surface area contributed by atoms with E-state index in [2.05, 4.69) is 21.2 Å². The predicted molar refractivity (Wildman–Crippen MR) is 107 cm³/mol. The van der Waals surface area contributed by atoms with Crippen molar-refractivity contribution in [3.05, 3.63) is 68.5 Å². The van der Waals surface area contributed by atoms with E-state index in [1.807, 2.05) is 30.3 Å². The quantitative estimate of drug-likeness (QED) is 0.680. The molecule has 5 nitrogen and oxygen atoms in total. The fourth-order valence-corrected chi connectivity index (χ4v) is 3.52. The van der Waals surface area contributed by atoms with Crippen molar-refractivity contribution in [2.24, 2.45) is 0 Å². The second kappa shape index (κ2) is 8.07. The lowest BCUT2D eigenvalue weighted by atomic mass is 10.2. The molecule has 0 bridgehead atoms. The highest BCUT2D eigenvalue weighted by Gasteiger charge is 2.36. The Labute approximate surface area is 167 Å². The van der Waals surface area contributed by atoms with Crippen molar-refractivity contribution >= 4 is 68.1 Å². The average Bonchev–Trinajstić information content (AvgIpc) is 2.86. The van der Waals surface area contributed by atoms with Crippen LogP contribution in [-0.2, 0) is 9.59 Å². The number of carbonyl (C=O) groups is 3. The third-order valence-corrected chi connectivity index (χ3v) is 5.62. The second-order valence-electron chi connectivity index (χ2n) is 5.36. The Morgan fingerprint density at radius 3 is 2.62 bits per heavy atom. The van der Waals surface area contributed by atoms with E-state index >= 15 is 0 Å². The Morgan fingerprint density at radius 2 is 1.92 bits per heavy atom. The van der Waals surface area contributed by atoms with Crippen LogP contribution in [0.4, 0.5) is 10.5 Å². The predicted octanol–water partition coefficient (Wildman–Crippen LogP) is 4.78. The lowest BCUT2D eigenvalue weighted by Crippen LogP contribution is -2.36. The van der Waals surface area contributed by atoms with E-state index in [0.29, 0.717) is 20.1 Å². The van der Waals surface area contributed by atoms with Crippen LogP contribution in [0.2, 0.25) is 5.02 Å². The summed E-state index contributed by atoms with van der Waals surface area (Å²) < 4.78 is 0.703. The number of thioether (sulfide) groups is 1. The van der Waals surface area contributed by atoms with Gasteiger partial charge < -0.3 is 5.32 Å². The molecule has 1 saturated heterocycles. The van der Waals surface area contributed by atoms with Gasteiger partial charge in [0.25, 0.3) is 11.1 Å². The third-order valence-electron chi connectivity index (χ3n) is 3.48. The summed E-state index contributed by atoms with van der Waals surface area (Å²) >= 11 is 10.1. The molecule has 1 aliphatic rings. The topological polar surface area (TPSA) is 66.5 Å². The van der Waals surface area contributed by atoms with E-state index in [9.17, 15) is 14.4 Å². The normalized spacial score (nSPS) is 15.6. The third kappa shape index (κ3) is 4.35. The van der Waals surface area contributed by atoms with Gasteiger partial charge in [-0.2, -0.15) is 0 Å². The molecule has 26 heavy (non-hydrogen) atoms. The number of amides is 3. The number of hydrogen-bond acceptors (Lipinski definition) is 4. The van der Waals surface area contributed by atoms with Crippen LogP contribution in [-0.4, -0.2) is 28.5 Å². The van der Waals surface area contributed by atoms with Gasteiger partial charge in [0.1, 0.15) is 6.54 Å². The van der Waals surface area contributed by atoms with Gasteiger partial charge in [0.15, 0.2) is 0 Å². The number of rotatable bonds is 4. The van der Waals surface area contributed by atoms with Crippen molar-refractivity contribution in [1.82, 2.24) is 4.90 Å². The molecule has 2 aromatic carbocycles. The van der Waals surface area contributed by atoms with Gasteiger partial charge in [-0.3, -0.25) is 19.3 Å². The molecule has 8 heteroatoms. The zero-order valence-electron chi connectivity index (χ0n) is 13.2. The highest BCUT2D eigenvalue weighted by Crippen LogP contribution is 2.32. The van der Waals surface area contributed by atoms with Crippen LogP contribution >= 0.6 is 39.3 Å². The summed E-state index contributed by atoms with van der Waals surface area (Å²) in [6.07, 6.45) is 1.64. The molecule has 0 aromatic heterocycles. The van der Waals surface area contributed by atoms with Crippen LogP contribution < -0.4 is 5.32 Å². The van der Waals surface area contributed by atoms with Gasteiger partial charge in [0.05, 0.1) is 9.93 Å². The van der Waals surface area contributed by atoms with Gasteiger partial charge >= 0.3 is 0 Å². The molecule has 132 valence electrons. The molecule has 1 heterocycles. The van der Waals surface area contributed by atoms with Crippen LogP contribution in [0.15, 0.2) is 57.9 Å². The Kier molecular flexibility index (Phi) is 5.80. The molecule has 0 saturated carbocycles. The van der Waals surface area contributed by atoms with Crippen molar-refractivity contribution in [3.63, 3.8) is 0 Å². The summed E-state index contributed by atoms with van der Waals surface area (Å²) in [7, 11) is 0. The molecule has 2 aromatic rings. The van der Waals surface area contributed by atoms with Gasteiger partial charge in [-0.15, -0.1) is 0 Å². The van der Waals surface area contributed by atoms with E-state index in [1.165, 1.54) is 0 Å². The maximum Gasteiger partial charge on any atom is 0.294 e. The molecule has 1 fully saturated rings. The number of imide groups is 1. The maximum absolute atomic E-state index is 12.4. The number of hydrogen-bond donors (Lipinski definition) is 1. The van der Waals surface area contributed by atoms with Crippen LogP contribution in [0.5, 0.6) is 0 Å². The molecular formula is C18H12BrClN2O3S. The smallest absolute Gasteiger partial charge is 0.294 e. The Bertz CT molecular complexity index is 918. The fraction of sp³-hybridized carbons (Fsp3) is 0.0556. The molecule has 3 rings (SSSR count). The first-order chi connectivity index (χ1) is 12.4. The molecule has 0 unspecified atom stereocenters. The molecule has 0 aliphatic carbocycles. The standard InChI is InChI=1S/C18H12BrClN2O3S/c19-13-7-6-12(9-14(13)20)21-16(23)10-22-17(24)15(26-18(22)25)8-11-4-2-1-3-5-11/h1-9H,10H2,(H,21,23)/b15-8+. The number of anilines is 1. The van der Waals surface area contributed by atoms with Crippen molar-refractivity contribution < 1.29 is 14.4 Å². The number of benzene rings is 2. The minimum Gasteiger partial charge on any atom is -0.324 e. The molecule has 0 radical (unpaired) electrons. The van der Waals surface area contributed by atoms with Crippen molar-refractivity contribution in [1.29, 1.82) is 0 Å². The molecule has 3 amide bonds. The average molecular weight is 452 g/mol. The van der Waals surface area contributed by atoms with Crippen LogP contribution in [0.3, 0.4) is 0 Å². The maximum atomic E-state index is 12.4. The SMILES string of the molecule is O=C(CN1C(=O)S/C(=C/c2ccccc2)C1=O)Nc1ccc(Br)c(Cl)c1. The first-order valence-corrected chi connectivity index (χ1v) is 9.48. The minimum atomic E-state index is -0.480. The van der Waals surface area contributed by atoms with Gasteiger partial charge in [-0.25, -0.2) is 0 Å². The number of carbonyl (C=O) groups excluding carboxylic acids is 3. The first kappa shape index (κ1) is 18.7. The van der Waals surface area contributed by atoms with E-state index in [1.54, 1.807) is 24.3 Å². The van der Waals surface area contributed by atoms with Gasteiger partial charge in [0.2, 0.25) is 5.91 Å². The second-order valence-corrected chi connectivity index (χ2v) is 7.61. The molecule has 0 spiro atoms. The Hall–Kier alpha value is -2.09.